The van der Waals surface area contributed by atoms with Crippen molar-refractivity contribution in [3.63, 3.8) is 0 Å². The standard InChI is InChI=1S/C21H32N2O3/c1-21(2,3)16-7-4-5-8-17(16)22-14-20(24)23-15-9-10-18-19(13-15)26-12-6-11-25-18/h9-10,13,16-17,22H,4-8,11-12,14H2,1-3H3,(H,23,24). The summed E-state index contributed by atoms with van der Waals surface area (Å²) in [6.45, 7) is 8.55. The van der Waals surface area contributed by atoms with E-state index in [0.29, 0.717) is 37.5 Å². The highest BCUT2D eigenvalue weighted by Crippen LogP contribution is 2.38. The van der Waals surface area contributed by atoms with E-state index in [0.717, 1.165) is 24.3 Å². The second-order valence-electron chi connectivity index (χ2n) is 8.50. The average molecular weight is 360 g/mol. The minimum absolute atomic E-state index is 0.0160. The number of hydrogen-bond acceptors (Lipinski definition) is 4. The number of benzene rings is 1. The van der Waals surface area contributed by atoms with Gasteiger partial charge in [-0.25, -0.2) is 0 Å². The molecule has 5 heteroatoms. The van der Waals surface area contributed by atoms with E-state index in [1.54, 1.807) is 0 Å². The highest BCUT2D eigenvalue weighted by atomic mass is 16.5. The van der Waals surface area contributed by atoms with E-state index in [9.17, 15) is 4.79 Å². The van der Waals surface area contributed by atoms with Crippen molar-refractivity contribution in [2.45, 2.75) is 58.9 Å². The molecule has 1 amide bonds. The summed E-state index contributed by atoms with van der Waals surface area (Å²) < 4.78 is 11.3. The molecule has 3 rings (SSSR count). The Balaban J connectivity index is 1.55. The van der Waals surface area contributed by atoms with Crippen LogP contribution in [0, 0.1) is 11.3 Å². The number of anilines is 1. The van der Waals surface area contributed by atoms with Gasteiger partial charge in [-0.05, 0) is 36.3 Å². The summed E-state index contributed by atoms with van der Waals surface area (Å²) in [5, 5.41) is 6.47. The van der Waals surface area contributed by atoms with Crippen LogP contribution in [-0.4, -0.2) is 31.7 Å². The van der Waals surface area contributed by atoms with Gasteiger partial charge in [0.2, 0.25) is 5.91 Å². The summed E-state index contributed by atoms with van der Waals surface area (Å²) in [4.78, 5) is 12.4. The van der Waals surface area contributed by atoms with Crippen LogP contribution in [-0.2, 0) is 4.79 Å². The quantitative estimate of drug-likeness (QED) is 0.853. The minimum atomic E-state index is -0.0160. The zero-order valence-corrected chi connectivity index (χ0v) is 16.3. The Morgan fingerprint density at radius 2 is 1.81 bits per heavy atom. The van der Waals surface area contributed by atoms with E-state index in [2.05, 4.69) is 31.4 Å². The predicted octanol–water partition coefficient (Wildman–Crippen LogP) is 3.98. The lowest BCUT2D eigenvalue weighted by molar-refractivity contribution is -0.115. The number of carbonyl (C=O) groups is 1. The fourth-order valence-electron chi connectivity index (χ4n) is 4.08. The summed E-state index contributed by atoms with van der Waals surface area (Å²) in [6.07, 6.45) is 5.80. The first-order chi connectivity index (χ1) is 12.4. The number of nitrogens with one attached hydrogen (secondary N) is 2. The summed E-state index contributed by atoms with van der Waals surface area (Å²) in [6, 6.07) is 5.99. The van der Waals surface area contributed by atoms with Crippen molar-refractivity contribution >= 4 is 11.6 Å². The molecule has 1 aliphatic carbocycles. The fraction of sp³-hybridized carbons (Fsp3) is 0.667. The number of carbonyl (C=O) groups excluding carboxylic acids is 1. The molecule has 26 heavy (non-hydrogen) atoms. The van der Waals surface area contributed by atoms with Gasteiger partial charge in [0.1, 0.15) is 0 Å². The van der Waals surface area contributed by atoms with Crippen LogP contribution in [0.3, 0.4) is 0 Å². The molecule has 1 heterocycles. The second kappa shape index (κ2) is 8.30. The van der Waals surface area contributed by atoms with Gasteiger partial charge in [-0.3, -0.25) is 4.79 Å². The number of hydrogen-bond donors (Lipinski definition) is 2. The molecule has 1 aromatic rings. The van der Waals surface area contributed by atoms with Crippen molar-refractivity contribution < 1.29 is 14.3 Å². The number of amides is 1. The van der Waals surface area contributed by atoms with Crippen LogP contribution < -0.4 is 20.1 Å². The lowest BCUT2D eigenvalue weighted by Crippen LogP contribution is -2.46. The lowest BCUT2D eigenvalue weighted by Gasteiger charge is -2.40. The molecule has 0 saturated heterocycles. The van der Waals surface area contributed by atoms with Gasteiger partial charge in [0, 0.05) is 24.2 Å². The summed E-state index contributed by atoms with van der Waals surface area (Å²) in [5.41, 5.74) is 1.01. The van der Waals surface area contributed by atoms with Crippen LogP contribution in [0.15, 0.2) is 18.2 Å². The fourth-order valence-corrected chi connectivity index (χ4v) is 4.08. The molecule has 2 unspecified atom stereocenters. The van der Waals surface area contributed by atoms with Gasteiger partial charge in [-0.2, -0.15) is 0 Å². The SMILES string of the molecule is CC(C)(C)C1CCCCC1NCC(=O)Nc1ccc2c(c1)OCCCO2. The zero-order chi connectivity index (χ0) is 18.6. The molecule has 1 fully saturated rings. The molecule has 0 radical (unpaired) electrons. The molecular formula is C21H32N2O3. The molecule has 1 saturated carbocycles. The van der Waals surface area contributed by atoms with Crippen LogP contribution >= 0.6 is 0 Å². The second-order valence-corrected chi connectivity index (χ2v) is 8.50. The van der Waals surface area contributed by atoms with Crippen LogP contribution in [0.2, 0.25) is 0 Å². The van der Waals surface area contributed by atoms with Gasteiger partial charge in [-0.1, -0.05) is 33.6 Å². The van der Waals surface area contributed by atoms with Crippen molar-refractivity contribution in [2.24, 2.45) is 11.3 Å². The Morgan fingerprint density at radius 1 is 1.08 bits per heavy atom. The molecular weight excluding hydrogens is 328 g/mol. The molecule has 2 N–H and O–H groups in total. The molecule has 1 aromatic carbocycles. The van der Waals surface area contributed by atoms with Gasteiger partial charge < -0.3 is 20.1 Å². The maximum Gasteiger partial charge on any atom is 0.238 e. The molecule has 1 aliphatic heterocycles. The topological polar surface area (TPSA) is 59.6 Å². The lowest BCUT2D eigenvalue weighted by atomic mass is 9.69. The molecule has 0 spiro atoms. The summed E-state index contributed by atoms with van der Waals surface area (Å²) in [7, 11) is 0. The Hall–Kier alpha value is -1.75. The van der Waals surface area contributed by atoms with E-state index < -0.39 is 0 Å². The third-order valence-electron chi connectivity index (χ3n) is 5.43. The third kappa shape index (κ3) is 4.91. The van der Waals surface area contributed by atoms with Gasteiger partial charge in [-0.15, -0.1) is 0 Å². The number of fused-ring (bicyclic) bond motifs is 1. The maximum atomic E-state index is 12.4. The smallest absolute Gasteiger partial charge is 0.238 e. The Kier molecular flexibility index (Phi) is 6.07. The van der Waals surface area contributed by atoms with Crippen molar-refractivity contribution in [2.75, 3.05) is 25.1 Å². The summed E-state index contributed by atoms with van der Waals surface area (Å²) in [5.74, 6) is 2.04. The number of rotatable bonds is 4. The van der Waals surface area contributed by atoms with Crippen molar-refractivity contribution in [3.05, 3.63) is 18.2 Å². The maximum absolute atomic E-state index is 12.4. The van der Waals surface area contributed by atoms with Crippen molar-refractivity contribution in [1.29, 1.82) is 0 Å². The van der Waals surface area contributed by atoms with E-state index in [1.165, 1.54) is 19.3 Å². The Bertz CT molecular complexity index is 624. The van der Waals surface area contributed by atoms with E-state index in [1.807, 2.05) is 18.2 Å². The van der Waals surface area contributed by atoms with Gasteiger partial charge in [0.25, 0.3) is 0 Å². The minimum Gasteiger partial charge on any atom is -0.490 e. The van der Waals surface area contributed by atoms with Gasteiger partial charge >= 0.3 is 0 Å². The van der Waals surface area contributed by atoms with Crippen LogP contribution in [0.25, 0.3) is 0 Å². The summed E-state index contributed by atoms with van der Waals surface area (Å²) >= 11 is 0. The van der Waals surface area contributed by atoms with E-state index in [4.69, 9.17) is 9.47 Å². The zero-order valence-electron chi connectivity index (χ0n) is 16.3. The molecule has 144 valence electrons. The largest absolute Gasteiger partial charge is 0.490 e. The van der Waals surface area contributed by atoms with Crippen molar-refractivity contribution in [3.8, 4) is 11.5 Å². The first-order valence-corrected chi connectivity index (χ1v) is 9.86. The van der Waals surface area contributed by atoms with Crippen LogP contribution in [0.5, 0.6) is 11.5 Å². The molecule has 2 atom stereocenters. The van der Waals surface area contributed by atoms with E-state index in [-0.39, 0.29) is 11.3 Å². The number of ether oxygens (including phenoxy) is 2. The molecule has 2 aliphatic rings. The van der Waals surface area contributed by atoms with E-state index >= 15 is 0 Å². The highest BCUT2D eigenvalue weighted by Gasteiger charge is 2.33. The highest BCUT2D eigenvalue weighted by molar-refractivity contribution is 5.92. The molecule has 5 nitrogen and oxygen atoms in total. The first-order valence-electron chi connectivity index (χ1n) is 9.86. The van der Waals surface area contributed by atoms with Crippen LogP contribution in [0.1, 0.15) is 52.9 Å². The van der Waals surface area contributed by atoms with Crippen LogP contribution in [0.4, 0.5) is 5.69 Å². The first kappa shape index (κ1) is 19.0. The van der Waals surface area contributed by atoms with Gasteiger partial charge in [0.05, 0.1) is 19.8 Å². The average Bonchev–Trinajstić information content (AvgIpc) is 2.84. The normalized spacial score (nSPS) is 23.2. The van der Waals surface area contributed by atoms with Crippen molar-refractivity contribution in [1.82, 2.24) is 5.32 Å². The Morgan fingerprint density at radius 3 is 2.58 bits per heavy atom. The monoisotopic (exact) mass is 360 g/mol. The Labute approximate surface area is 156 Å². The molecule has 0 bridgehead atoms. The van der Waals surface area contributed by atoms with Gasteiger partial charge in [0.15, 0.2) is 11.5 Å². The predicted molar refractivity (Wildman–Crippen MR) is 104 cm³/mol. The third-order valence-corrected chi connectivity index (χ3v) is 5.43. The molecule has 0 aromatic heterocycles.